The van der Waals surface area contributed by atoms with Gasteiger partial charge in [-0.2, -0.15) is 11.8 Å². The molecule has 90 valence electrons. The van der Waals surface area contributed by atoms with Crippen molar-refractivity contribution in [3.05, 3.63) is 0 Å². The topological polar surface area (TPSA) is 38.3 Å². The zero-order chi connectivity index (χ0) is 11.7. The van der Waals surface area contributed by atoms with Crippen molar-refractivity contribution in [2.45, 2.75) is 39.2 Å². The van der Waals surface area contributed by atoms with Gasteiger partial charge in [-0.1, -0.05) is 6.92 Å². The average Bonchev–Trinajstić information content (AvgIpc) is 2.24. The molecule has 0 amide bonds. The molecule has 0 aliphatic heterocycles. The van der Waals surface area contributed by atoms with Crippen LogP contribution in [0.25, 0.3) is 0 Å². The van der Waals surface area contributed by atoms with E-state index >= 15 is 0 Å². The summed E-state index contributed by atoms with van der Waals surface area (Å²) in [5, 5.41) is 3.28. The van der Waals surface area contributed by atoms with Gasteiger partial charge in [0, 0.05) is 0 Å². The first-order valence-corrected chi connectivity index (χ1v) is 6.91. The molecule has 0 aliphatic carbocycles. The number of esters is 1. The molecular weight excluding hydrogens is 210 g/mol. The first-order chi connectivity index (χ1) is 7.10. The molecule has 0 rings (SSSR count). The predicted molar refractivity (Wildman–Crippen MR) is 66.3 cm³/mol. The summed E-state index contributed by atoms with van der Waals surface area (Å²) in [4.78, 5) is 11.8. The van der Waals surface area contributed by atoms with E-state index in [0.29, 0.717) is 6.61 Å². The molecule has 0 spiro atoms. The van der Waals surface area contributed by atoms with Crippen LogP contribution in [-0.4, -0.2) is 36.7 Å². The molecule has 0 radical (unpaired) electrons. The van der Waals surface area contributed by atoms with Gasteiger partial charge in [0.25, 0.3) is 0 Å². The Morgan fingerprint density at radius 2 is 2.13 bits per heavy atom. The van der Waals surface area contributed by atoms with Crippen molar-refractivity contribution in [2.24, 2.45) is 0 Å². The largest absolute Gasteiger partial charge is 0.465 e. The third-order valence-electron chi connectivity index (χ3n) is 2.30. The summed E-state index contributed by atoms with van der Waals surface area (Å²) in [7, 11) is 0. The average molecular weight is 233 g/mol. The van der Waals surface area contributed by atoms with Crippen LogP contribution in [0.5, 0.6) is 0 Å². The number of carbonyl (C=O) groups excluding carboxylic acids is 1. The van der Waals surface area contributed by atoms with E-state index in [9.17, 15) is 4.79 Å². The van der Waals surface area contributed by atoms with Gasteiger partial charge in [-0.15, -0.1) is 0 Å². The fourth-order valence-corrected chi connectivity index (χ4v) is 1.87. The number of ether oxygens (including phenoxy) is 1. The summed E-state index contributed by atoms with van der Waals surface area (Å²) in [6, 6.07) is 0. The zero-order valence-corrected chi connectivity index (χ0v) is 11.1. The Morgan fingerprint density at radius 1 is 1.47 bits per heavy atom. The molecule has 0 heterocycles. The van der Waals surface area contributed by atoms with Gasteiger partial charge in [-0.05, 0) is 45.2 Å². The maximum absolute atomic E-state index is 11.8. The minimum absolute atomic E-state index is 0.132. The van der Waals surface area contributed by atoms with Gasteiger partial charge >= 0.3 is 5.97 Å². The van der Waals surface area contributed by atoms with Crippen LogP contribution in [0.4, 0.5) is 0 Å². The van der Waals surface area contributed by atoms with Crippen molar-refractivity contribution in [3.8, 4) is 0 Å². The van der Waals surface area contributed by atoms with Crippen molar-refractivity contribution in [1.82, 2.24) is 5.32 Å². The molecule has 0 fully saturated rings. The number of nitrogens with one attached hydrogen (secondary N) is 1. The second-order valence-corrected chi connectivity index (χ2v) is 4.71. The SMILES string of the molecule is CCCNC(C)(CCSC)C(=O)OCC. The lowest BCUT2D eigenvalue weighted by atomic mass is 9.99. The lowest BCUT2D eigenvalue weighted by Gasteiger charge is -2.28. The van der Waals surface area contributed by atoms with Crippen molar-refractivity contribution in [2.75, 3.05) is 25.2 Å². The van der Waals surface area contributed by atoms with Crippen LogP contribution in [0.1, 0.15) is 33.6 Å². The number of carbonyl (C=O) groups is 1. The van der Waals surface area contributed by atoms with Gasteiger partial charge in [0.2, 0.25) is 0 Å². The Balaban J connectivity index is 4.30. The van der Waals surface area contributed by atoms with Crippen LogP contribution >= 0.6 is 11.8 Å². The molecule has 0 bridgehead atoms. The molecule has 0 aliphatic rings. The monoisotopic (exact) mass is 233 g/mol. The van der Waals surface area contributed by atoms with Crippen LogP contribution in [0.2, 0.25) is 0 Å². The quantitative estimate of drug-likeness (QED) is 0.651. The molecular formula is C11H23NO2S. The van der Waals surface area contributed by atoms with Gasteiger partial charge in [0.15, 0.2) is 0 Å². The van der Waals surface area contributed by atoms with E-state index in [4.69, 9.17) is 4.74 Å². The van der Waals surface area contributed by atoms with Gasteiger partial charge < -0.3 is 10.1 Å². The third-order valence-corrected chi connectivity index (χ3v) is 2.91. The van der Waals surface area contributed by atoms with E-state index < -0.39 is 5.54 Å². The molecule has 3 nitrogen and oxygen atoms in total. The van der Waals surface area contributed by atoms with Gasteiger partial charge in [0.1, 0.15) is 5.54 Å². The van der Waals surface area contributed by atoms with Crippen LogP contribution in [0, 0.1) is 0 Å². The minimum atomic E-state index is -0.519. The molecule has 15 heavy (non-hydrogen) atoms. The molecule has 1 N–H and O–H groups in total. The van der Waals surface area contributed by atoms with E-state index in [1.165, 1.54) is 0 Å². The Bertz CT molecular complexity index is 177. The second-order valence-electron chi connectivity index (χ2n) is 3.72. The molecule has 0 aromatic rings. The minimum Gasteiger partial charge on any atom is -0.465 e. The summed E-state index contributed by atoms with van der Waals surface area (Å²) in [6.07, 6.45) is 3.88. The lowest BCUT2D eigenvalue weighted by Crippen LogP contribution is -2.51. The Labute approximate surface area is 97.3 Å². The smallest absolute Gasteiger partial charge is 0.326 e. The Hall–Kier alpha value is -0.220. The maximum Gasteiger partial charge on any atom is 0.326 e. The standard InChI is InChI=1S/C11H23NO2S/c1-5-8-12-11(3,7-9-15-4)10(13)14-6-2/h12H,5-9H2,1-4H3. The second kappa shape index (κ2) is 7.99. The zero-order valence-electron chi connectivity index (χ0n) is 10.3. The molecule has 4 heteroatoms. The van der Waals surface area contributed by atoms with Gasteiger partial charge in [-0.3, -0.25) is 4.79 Å². The fourth-order valence-electron chi connectivity index (χ4n) is 1.26. The van der Waals surface area contributed by atoms with E-state index in [1.807, 2.05) is 20.1 Å². The molecule has 0 aromatic carbocycles. The summed E-state index contributed by atoms with van der Waals surface area (Å²) in [6.45, 7) is 7.15. The van der Waals surface area contributed by atoms with Crippen LogP contribution in [0.3, 0.4) is 0 Å². The highest BCUT2D eigenvalue weighted by atomic mass is 32.2. The summed E-state index contributed by atoms with van der Waals surface area (Å²) in [5.74, 6) is 0.832. The maximum atomic E-state index is 11.8. The number of hydrogen-bond donors (Lipinski definition) is 1. The fraction of sp³-hybridized carbons (Fsp3) is 0.909. The van der Waals surface area contributed by atoms with Crippen molar-refractivity contribution in [3.63, 3.8) is 0 Å². The van der Waals surface area contributed by atoms with Crippen LogP contribution < -0.4 is 5.32 Å². The van der Waals surface area contributed by atoms with Crippen LogP contribution in [-0.2, 0) is 9.53 Å². The van der Waals surface area contributed by atoms with E-state index in [1.54, 1.807) is 11.8 Å². The highest BCUT2D eigenvalue weighted by Gasteiger charge is 2.33. The van der Waals surface area contributed by atoms with Crippen LogP contribution in [0.15, 0.2) is 0 Å². The highest BCUT2D eigenvalue weighted by Crippen LogP contribution is 2.15. The van der Waals surface area contributed by atoms with Gasteiger partial charge in [-0.25, -0.2) is 0 Å². The van der Waals surface area contributed by atoms with E-state index in [2.05, 4.69) is 12.2 Å². The Kier molecular flexibility index (Phi) is 7.88. The van der Waals surface area contributed by atoms with Crippen molar-refractivity contribution in [1.29, 1.82) is 0 Å². The third kappa shape index (κ3) is 5.42. The highest BCUT2D eigenvalue weighted by molar-refractivity contribution is 7.98. The number of thioether (sulfide) groups is 1. The predicted octanol–water partition coefficient (Wildman–Crippen LogP) is 2.06. The number of hydrogen-bond acceptors (Lipinski definition) is 4. The molecule has 1 atom stereocenters. The molecule has 0 saturated heterocycles. The summed E-state index contributed by atoms with van der Waals surface area (Å²) < 4.78 is 5.09. The van der Waals surface area contributed by atoms with Gasteiger partial charge in [0.05, 0.1) is 6.61 Å². The number of rotatable bonds is 8. The molecule has 1 unspecified atom stereocenters. The summed E-state index contributed by atoms with van der Waals surface area (Å²) >= 11 is 1.75. The van der Waals surface area contributed by atoms with E-state index in [-0.39, 0.29) is 5.97 Å². The van der Waals surface area contributed by atoms with Crippen molar-refractivity contribution < 1.29 is 9.53 Å². The normalized spacial score (nSPS) is 14.7. The van der Waals surface area contributed by atoms with E-state index in [0.717, 1.165) is 25.1 Å². The lowest BCUT2D eigenvalue weighted by molar-refractivity contribution is -0.150. The first kappa shape index (κ1) is 14.8. The molecule has 0 aromatic heterocycles. The Morgan fingerprint density at radius 3 is 2.60 bits per heavy atom. The summed E-state index contributed by atoms with van der Waals surface area (Å²) in [5.41, 5.74) is -0.519. The molecule has 0 saturated carbocycles. The first-order valence-electron chi connectivity index (χ1n) is 5.52. The van der Waals surface area contributed by atoms with Crippen molar-refractivity contribution >= 4 is 17.7 Å².